The van der Waals surface area contributed by atoms with E-state index in [1.807, 2.05) is 60.7 Å². The molecule has 1 unspecified atom stereocenters. The molecule has 26 heavy (non-hydrogen) atoms. The number of hydrogen-bond donors (Lipinski definition) is 1. The first-order chi connectivity index (χ1) is 12.6. The average Bonchev–Trinajstić information content (AvgIpc) is 2.66. The molecule has 0 radical (unpaired) electrons. The highest BCUT2D eigenvalue weighted by atomic mass is 35.5. The molecule has 3 nitrogen and oxygen atoms in total. The summed E-state index contributed by atoms with van der Waals surface area (Å²) in [6, 6.07) is 22.7. The summed E-state index contributed by atoms with van der Waals surface area (Å²) in [5.74, 6) is -0.278. The van der Waals surface area contributed by atoms with Crippen molar-refractivity contribution in [2.75, 3.05) is 7.11 Å². The van der Waals surface area contributed by atoms with Gasteiger partial charge < -0.3 is 9.84 Å². The van der Waals surface area contributed by atoms with E-state index in [9.17, 15) is 9.90 Å². The molecule has 0 spiro atoms. The van der Waals surface area contributed by atoms with Crippen molar-refractivity contribution in [3.05, 3.63) is 94.5 Å². The van der Waals surface area contributed by atoms with Crippen LogP contribution in [0.25, 0.3) is 0 Å². The van der Waals surface area contributed by atoms with E-state index in [0.29, 0.717) is 5.56 Å². The van der Waals surface area contributed by atoms with Gasteiger partial charge in [-0.2, -0.15) is 0 Å². The molecule has 0 aliphatic heterocycles. The van der Waals surface area contributed by atoms with Gasteiger partial charge in [0.05, 0.1) is 22.9 Å². The van der Waals surface area contributed by atoms with Gasteiger partial charge in [-0.3, -0.25) is 0 Å². The number of thioether (sulfide) groups is 1. The van der Waals surface area contributed by atoms with E-state index < -0.39 is 5.97 Å². The molecule has 132 valence electrons. The number of carboxylic acids is 1. The molecule has 0 bridgehead atoms. The fourth-order valence-corrected chi connectivity index (χ4v) is 4.18. The molecule has 0 saturated heterocycles. The Kier molecular flexibility index (Phi) is 5.86. The Morgan fingerprint density at radius 2 is 1.69 bits per heavy atom. The molecular formula is C21H17ClO3S. The molecule has 3 rings (SSSR count). The fourth-order valence-electron chi connectivity index (χ4n) is 2.71. The summed E-state index contributed by atoms with van der Waals surface area (Å²) in [5, 5.41) is 9.70. The number of methoxy groups -OCH3 is 1. The Bertz CT molecular complexity index is 895. The van der Waals surface area contributed by atoms with E-state index in [1.54, 1.807) is 31.0 Å². The maximum Gasteiger partial charge on any atom is 0.337 e. The second-order valence-corrected chi connectivity index (χ2v) is 7.18. The first-order valence-electron chi connectivity index (χ1n) is 7.97. The predicted octanol–water partition coefficient (Wildman–Crippen LogP) is 5.93. The number of carboxylic acid groups (broad SMARTS) is 1. The van der Waals surface area contributed by atoms with Crippen molar-refractivity contribution in [2.24, 2.45) is 0 Å². The molecule has 0 aromatic heterocycles. The monoisotopic (exact) mass is 384 g/mol. The van der Waals surface area contributed by atoms with Gasteiger partial charge in [0.15, 0.2) is 0 Å². The Morgan fingerprint density at radius 1 is 1.00 bits per heavy atom. The Balaban J connectivity index is 2.11. The molecule has 5 heteroatoms. The number of aromatic carboxylic acids is 1. The van der Waals surface area contributed by atoms with E-state index in [2.05, 4.69) is 0 Å². The smallest absolute Gasteiger partial charge is 0.337 e. The minimum Gasteiger partial charge on any atom is -0.497 e. The summed E-state index contributed by atoms with van der Waals surface area (Å²) in [6.45, 7) is 0. The van der Waals surface area contributed by atoms with Gasteiger partial charge in [-0.05, 0) is 41.5 Å². The van der Waals surface area contributed by atoms with Crippen LogP contribution in [0.1, 0.15) is 26.7 Å². The quantitative estimate of drug-likeness (QED) is 0.535. The lowest BCUT2D eigenvalue weighted by Crippen LogP contribution is -2.07. The van der Waals surface area contributed by atoms with Crippen molar-refractivity contribution in [2.45, 2.75) is 10.1 Å². The van der Waals surface area contributed by atoms with Gasteiger partial charge in [-0.15, -0.1) is 11.8 Å². The third kappa shape index (κ3) is 4.03. The Labute approximate surface area is 161 Å². The maximum absolute atomic E-state index is 11.8. The van der Waals surface area contributed by atoms with E-state index >= 15 is 0 Å². The van der Waals surface area contributed by atoms with Crippen molar-refractivity contribution in [1.29, 1.82) is 0 Å². The second-order valence-electron chi connectivity index (χ2n) is 5.59. The SMILES string of the molecule is COc1ccc(C(Sc2ccccc2)c2cccc(Cl)c2C(=O)O)cc1. The second kappa shape index (κ2) is 8.30. The number of carbonyl (C=O) groups is 1. The normalized spacial score (nSPS) is 11.8. The van der Waals surface area contributed by atoms with Crippen LogP contribution < -0.4 is 4.74 Å². The Hall–Kier alpha value is -2.43. The van der Waals surface area contributed by atoms with Gasteiger partial charge >= 0.3 is 5.97 Å². The van der Waals surface area contributed by atoms with E-state index in [0.717, 1.165) is 16.2 Å². The van der Waals surface area contributed by atoms with E-state index in [1.165, 1.54) is 0 Å². The zero-order chi connectivity index (χ0) is 18.5. The average molecular weight is 385 g/mol. The standard InChI is InChI=1S/C21H17ClO3S/c1-25-15-12-10-14(11-13-15)20(26-16-6-3-2-4-7-16)17-8-5-9-18(22)19(17)21(23)24/h2-13,20H,1H3,(H,23,24). The molecule has 0 aliphatic carbocycles. The molecular weight excluding hydrogens is 368 g/mol. The molecule has 1 N–H and O–H groups in total. The molecule has 0 fully saturated rings. The van der Waals surface area contributed by atoms with Crippen molar-refractivity contribution in [3.63, 3.8) is 0 Å². The fraction of sp³-hybridized carbons (Fsp3) is 0.0952. The lowest BCUT2D eigenvalue weighted by atomic mass is 9.99. The summed E-state index contributed by atoms with van der Waals surface area (Å²) in [7, 11) is 1.62. The van der Waals surface area contributed by atoms with Crippen LogP contribution in [-0.4, -0.2) is 18.2 Å². The highest BCUT2D eigenvalue weighted by molar-refractivity contribution is 7.99. The van der Waals surface area contributed by atoms with Crippen molar-refractivity contribution < 1.29 is 14.6 Å². The van der Waals surface area contributed by atoms with Crippen LogP contribution in [0.5, 0.6) is 5.75 Å². The van der Waals surface area contributed by atoms with Gasteiger partial charge in [0.2, 0.25) is 0 Å². The summed E-state index contributed by atoms with van der Waals surface area (Å²) in [5.41, 5.74) is 1.78. The highest BCUT2D eigenvalue weighted by Crippen LogP contribution is 2.43. The first-order valence-corrected chi connectivity index (χ1v) is 9.23. The lowest BCUT2D eigenvalue weighted by Gasteiger charge is -2.20. The predicted molar refractivity (Wildman–Crippen MR) is 106 cm³/mol. The van der Waals surface area contributed by atoms with Crippen LogP contribution in [0.4, 0.5) is 0 Å². The zero-order valence-electron chi connectivity index (χ0n) is 14.1. The number of halogens is 1. The summed E-state index contributed by atoms with van der Waals surface area (Å²) >= 11 is 7.78. The third-order valence-corrected chi connectivity index (χ3v) is 5.58. The van der Waals surface area contributed by atoms with Gasteiger partial charge in [0.25, 0.3) is 0 Å². The van der Waals surface area contributed by atoms with Crippen LogP contribution in [0, 0.1) is 0 Å². The molecule has 0 heterocycles. The molecule has 3 aromatic carbocycles. The minimum absolute atomic E-state index is 0.137. The van der Waals surface area contributed by atoms with E-state index in [-0.39, 0.29) is 15.8 Å². The van der Waals surface area contributed by atoms with Crippen LogP contribution in [0.2, 0.25) is 5.02 Å². The molecule has 0 saturated carbocycles. The number of ether oxygens (including phenoxy) is 1. The van der Waals surface area contributed by atoms with Crippen molar-refractivity contribution in [1.82, 2.24) is 0 Å². The van der Waals surface area contributed by atoms with Gasteiger partial charge in [-0.25, -0.2) is 4.79 Å². The number of rotatable bonds is 6. The van der Waals surface area contributed by atoms with Gasteiger partial charge in [0.1, 0.15) is 5.75 Å². The largest absolute Gasteiger partial charge is 0.497 e. The molecule has 1 atom stereocenters. The first kappa shape index (κ1) is 18.4. The van der Waals surface area contributed by atoms with E-state index in [4.69, 9.17) is 16.3 Å². The topological polar surface area (TPSA) is 46.5 Å². The number of hydrogen-bond acceptors (Lipinski definition) is 3. The van der Waals surface area contributed by atoms with Crippen LogP contribution in [-0.2, 0) is 0 Å². The van der Waals surface area contributed by atoms with Crippen LogP contribution in [0.15, 0.2) is 77.7 Å². The summed E-state index contributed by atoms with van der Waals surface area (Å²) in [4.78, 5) is 12.9. The van der Waals surface area contributed by atoms with Crippen molar-refractivity contribution >= 4 is 29.3 Å². The maximum atomic E-state index is 11.8. The van der Waals surface area contributed by atoms with Crippen LogP contribution in [0.3, 0.4) is 0 Å². The zero-order valence-corrected chi connectivity index (χ0v) is 15.6. The van der Waals surface area contributed by atoms with Gasteiger partial charge in [-0.1, -0.05) is 54.1 Å². The minimum atomic E-state index is -1.03. The van der Waals surface area contributed by atoms with Gasteiger partial charge in [0, 0.05) is 4.90 Å². The lowest BCUT2D eigenvalue weighted by molar-refractivity contribution is 0.0696. The highest BCUT2D eigenvalue weighted by Gasteiger charge is 2.24. The van der Waals surface area contributed by atoms with Crippen LogP contribution >= 0.6 is 23.4 Å². The molecule has 0 aliphatic rings. The van der Waals surface area contributed by atoms with Crippen molar-refractivity contribution in [3.8, 4) is 5.75 Å². The molecule has 0 amide bonds. The summed E-state index contributed by atoms with van der Waals surface area (Å²) < 4.78 is 5.23. The number of benzene rings is 3. The Morgan fingerprint density at radius 3 is 2.31 bits per heavy atom. The molecule has 3 aromatic rings. The third-order valence-electron chi connectivity index (χ3n) is 3.96. The summed E-state index contributed by atoms with van der Waals surface area (Å²) in [6.07, 6.45) is 0.